The largest absolute Gasteiger partial charge is 0.496 e. The number of benzene rings is 1. The highest BCUT2D eigenvalue weighted by molar-refractivity contribution is 7.90. The molecule has 0 unspecified atom stereocenters. The topological polar surface area (TPSA) is 86.5 Å². The molecule has 2 N–H and O–H groups in total. The number of hydrogen-bond acceptors (Lipinski definition) is 5. The predicted octanol–water partition coefficient (Wildman–Crippen LogP) is 0.630. The first-order chi connectivity index (χ1) is 7.90. The number of hydrogen-bond donors (Lipinski definition) is 1. The maximum Gasteiger partial charge on any atom is 0.175 e. The van der Waals surface area contributed by atoms with Gasteiger partial charge in [0, 0.05) is 12.7 Å². The fourth-order valence-electron chi connectivity index (χ4n) is 1.40. The molecule has 0 aliphatic heterocycles. The Bertz CT molecular complexity index is 522. The minimum Gasteiger partial charge on any atom is -0.496 e. The summed E-state index contributed by atoms with van der Waals surface area (Å²) in [6.45, 7) is 0.246. The fourth-order valence-corrected chi connectivity index (χ4v) is 2.03. The van der Waals surface area contributed by atoms with Gasteiger partial charge in [-0.15, -0.1) is 0 Å². The van der Waals surface area contributed by atoms with E-state index < -0.39 is 9.84 Å². The van der Waals surface area contributed by atoms with E-state index in [0.29, 0.717) is 5.56 Å². The maximum absolute atomic E-state index is 11.7. The van der Waals surface area contributed by atoms with Crippen molar-refractivity contribution in [3.05, 3.63) is 23.8 Å². The number of carbonyl (C=O) groups excluding carboxylic acids is 1. The quantitative estimate of drug-likeness (QED) is 0.782. The van der Waals surface area contributed by atoms with E-state index in [9.17, 15) is 13.2 Å². The van der Waals surface area contributed by atoms with Gasteiger partial charge in [0.2, 0.25) is 0 Å². The highest BCUT2D eigenvalue weighted by Gasteiger charge is 2.15. The van der Waals surface area contributed by atoms with Gasteiger partial charge in [-0.05, 0) is 24.7 Å². The number of nitrogens with two attached hydrogens (primary N) is 1. The molecule has 0 saturated heterocycles. The average Bonchev–Trinajstić information content (AvgIpc) is 2.27. The van der Waals surface area contributed by atoms with E-state index >= 15 is 0 Å². The van der Waals surface area contributed by atoms with Gasteiger partial charge in [0.1, 0.15) is 5.75 Å². The molecule has 1 aromatic carbocycles. The van der Waals surface area contributed by atoms with E-state index in [2.05, 4.69) is 0 Å². The third kappa shape index (κ3) is 3.28. The van der Waals surface area contributed by atoms with Crippen molar-refractivity contribution in [2.24, 2.45) is 5.73 Å². The van der Waals surface area contributed by atoms with Crippen LogP contribution in [0.1, 0.15) is 16.8 Å². The van der Waals surface area contributed by atoms with Crippen LogP contribution in [-0.2, 0) is 9.84 Å². The van der Waals surface area contributed by atoms with Crippen LogP contribution >= 0.6 is 0 Å². The molecule has 94 valence electrons. The summed E-state index contributed by atoms with van der Waals surface area (Å²) >= 11 is 0. The van der Waals surface area contributed by atoms with Crippen LogP contribution in [0.2, 0.25) is 0 Å². The van der Waals surface area contributed by atoms with Crippen LogP contribution in [-0.4, -0.2) is 34.1 Å². The van der Waals surface area contributed by atoms with Crippen molar-refractivity contribution >= 4 is 15.6 Å². The molecule has 5 nitrogen and oxygen atoms in total. The van der Waals surface area contributed by atoms with E-state index in [-0.39, 0.29) is 29.4 Å². The predicted molar refractivity (Wildman–Crippen MR) is 64.1 cm³/mol. The van der Waals surface area contributed by atoms with Crippen molar-refractivity contribution in [2.45, 2.75) is 11.3 Å². The molecule has 0 heterocycles. The molecular weight excluding hydrogens is 242 g/mol. The van der Waals surface area contributed by atoms with Gasteiger partial charge in [-0.3, -0.25) is 4.79 Å². The Morgan fingerprint density at radius 2 is 2.06 bits per heavy atom. The Labute approximate surface area is 100 Å². The van der Waals surface area contributed by atoms with Crippen LogP contribution in [0.25, 0.3) is 0 Å². The standard InChI is InChI=1S/C11H15NO4S/c1-16-11-7-8(17(2,14)15)3-4-9(11)10(13)5-6-12/h3-4,7H,5-6,12H2,1-2H3. The first kappa shape index (κ1) is 13.7. The lowest BCUT2D eigenvalue weighted by atomic mass is 10.1. The molecule has 0 spiro atoms. The number of carbonyl (C=O) groups is 1. The van der Waals surface area contributed by atoms with Gasteiger partial charge < -0.3 is 10.5 Å². The van der Waals surface area contributed by atoms with Gasteiger partial charge in [-0.2, -0.15) is 0 Å². The average molecular weight is 257 g/mol. The maximum atomic E-state index is 11.7. The molecular formula is C11H15NO4S. The van der Waals surface area contributed by atoms with Crippen LogP contribution in [0.4, 0.5) is 0 Å². The zero-order valence-corrected chi connectivity index (χ0v) is 10.6. The van der Waals surface area contributed by atoms with Crippen molar-refractivity contribution in [3.63, 3.8) is 0 Å². The Balaban J connectivity index is 3.23. The lowest BCUT2D eigenvalue weighted by molar-refractivity contribution is 0.0982. The van der Waals surface area contributed by atoms with Gasteiger partial charge in [-0.25, -0.2) is 8.42 Å². The van der Waals surface area contributed by atoms with Crippen LogP contribution in [0.5, 0.6) is 5.75 Å². The molecule has 0 aromatic heterocycles. The summed E-state index contributed by atoms with van der Waals surface area (Å²) in [6.07, 6.45) is 1.30. The van der Waals surface area contributed by atoms with Gasteiger partial charge in [0.05, 0.1) is 17.6 Å². The van der Waals surface area contributed by atoms with Gasteiger partial charge in [0.25, 0.3) is 0 Å². The SMILES string of the molecule is COc1cc(S(C)(=O)=O)ccc1C(=O)CCN. The molecule has 0 atom stereocenters. The number of ether oxygens (including phenoxy) is 1. The number of methoxy groups -OCH3 is 1. The van der Waals surface area contributed by atoms with Crippen molar-refractivity contribution < 1.29 is 17.9 Å². The second-order valence-electron chi connectivity index (χ2n) is 3.60. The minimum atomic E-state index is -3.31. The molecule has 0 aliphatic carbocycles. The molecule has 0 saturated carbocycles. The molecule has 0 amide bonds. The third-order valence-electron chi connectivity index (χ3n) is 2.27. The normalized spacial score (nSPS) is 11.2. The van der Waals surface area contributed by atoms with E-state index in [4.69, 9.17) is 10.5 Å². The van der Waals surface area contributed by atoms with Crippen molar-refractivity contribution in [2.75, 3.05) is 19.9 Å². The van der Waals surface area contributed by atoms with Crippen LogP contribution in [0, 0.1) is 0 Å². The molecule has 1 rings (SSSR count). The van der Waals surface area contributed by atoms with Crippen LogP contribution < -0.4 is 10.5 Å². The summed E-state index contributed by atoms with van der Waals surface area (Å²) < 4.78 is 27.7. The lowest BCUT2D eigenvalue weighted by Gasteiger charge is -2.08. The highest BCUT2D eigenvalue weighted by atomic mass is 32.2. The van der Waals surface area contributed by atoms with E-state index in [0.717, 1.165) is 6.26 Å². The second-order valence-corrected chi connectivity index (χ2v) is 5.61. The molecule has 17 heavy (non-hydrogen) atoms. The van der Waals surface area contributed by atoms with Gasteiger partial charge in [-0.1, -0.05) is 0 Å². The zero-order valence-electron chi connectivity index (χ0n) is 9.76. The zero-order chi connectivity index (χ0) is 13.1. The van der Waals surface area contributed by atoms with E-state index in [1.807, 2.05) is 0 Å². The number of Topliss-reactive ketones (excluding diaryl/α,β-unsaturated/α-hetero) is 1. The Morgan fingerprint density at radius 1 is 1.41 bits per heavy atom. The number of sulfone groups is 1. The lowest BCUT2D eigenvalue weighted by Crippen LogP contribution is -2.10. The number of ketones is 1. The van der Waals surface area contributed by atoms with E-state index in [1.54, 1.807) is 0 Å². The second kappa shape index (κ2) is 5.29. The summed E-state index contributed by atoms with van der Waals surface area (Å²) in [4.78, 5) is 11.8. The molecule has 0 bridgehead atoms. The summed E-state index contributed by atoms with van der Waals surface area (Å²) in [5, 5.41) is 0. The summed E-state index contributed by atoms with van der Waals surface area (Å²) in [5.41, 5.74) is 5.65. The first-order valence-corrected chi connectivity index (χ1v) is 6.90. The first-order valence-electron chi connectivity index (χ1n) is 5.01. The smallest absolute Gasteiger partial charge is 0.175 e. The van der Waals surface area contributed by atoms with Gasteiger partial charge in [0.15, 0.2) is 15.6 Å². The van der Waals surface area contributed by atoms with Crippen molar-refractivity contribution in [1.29, 1.82) is 0 Å². The van der Waals surface area contributed by atoms with Crippen LogP contribution in [0.3, 0.4) is 0 Å². The fraction of sp³-hybridized carbons (Fsp3) is 0.364. The molecule has 0 radical (unpaired) electrons. The summed E-state index contributed by atoms with van der Waals surface area (Å²) in [7, 11) is -1.92. The summed E-state index contributed by atoms with van der Waals surface area (Å²) in [5.74, 6) is 0.0933. The molecule has 0 fully saturated rings. The minimum absolute atomic E-state index is 0.124. The van der Waals surface area contributed by atoms with Crippen LogP contribution in [0.15, 0.2) is 23.1 Å². The molecule has 1 aromatic rings. The molecule has 6 heteroatoms. The molecule has 0 aliphatic rings. The summed E-state index contributed by atoms with van der Waals surface area (Å²) in [6, 6.07) is 4.19. The Hall–Kier alpha value is -1.40. The number of rotatable bonds is 5. The third-order valence-corrected chi connectivity index (χ3v) is 3.38. The Morgan fingerprint density at radius 3 is 2.53 bits per heavy atom. The van der Waals surface area contributed by atoms with E-state index in [1.165, 1.54) is 25.3 Å². The highest BCUT2D eigenvalue weighted by Crippen LogP contribution is 2.24. The Kier molecular flexibility index (Phi) is 4.25. The van der Waals surface area contributed by atoms with Gasteiger partial charge >= 0.3 is 0 Å². The van der Waals surface area contributed by atoms with Crippen molar-refractivity contribution in [1.82, 2.24) is 0 Å². The van der Waals surface area contributed by atoms with Crippen molar-refractivity contribution in [3.8, 4) is 5.75 Å². The monoisotopic (exact) mass is 257 g/mol.